The largest absolute Gasteiger partial charge is 0.481 e. The maximum Gasteiger partial charge on any atom is 0.387 e. The van der Waals surface area contributed by atoms with Gasteiger partial charge in [0.2, 0.25) is 0 Å². The van der Waals surface area contributed by atoms with Gasteiger partial charge in [0.25, 0.3) is 0 Å². The van der Waals surface area contributed by atoms with Gasteiger partial charge < -0.3 is 9.84 Å². The number of aliphatic carboxylic acids is 1. The van der Waals surface area contributed by atoms with Crippen molar-refractivity contribution < 1.29 is 23.4 Å². The van der Waals surface area contributed by atoms with E-state index in [4.69, 9.17) is 10.4 Å². The van der Waals surface area contributed by atoms with Crippen LogP contribution >= 0.6 is 0 Å². The Hall–Kier alpha value is -2.16. The van der Waals surface area contributed by atoms with Gasteiger partial charge in [0.05, 0.1) is 18.1 Å². The Morgan fingerprint density at radius 2 is 2.17 bits per heavy atom. The zero-order valence-corrected chi connectivity index (χ0v) is 9.61. The monoisotopic (exact) mass is 255 g/mol. The molecule has 0 aromatic heterocycles. The number of nitriles is 1. The van der Waals surface area contributed by atoms with Crippen LogP contribution in [0.4, 0.5) is 8.78 Å². The number of benzene rings is 1. The second kappa shape index (κ2) is 5.96. The molecule has 0 atom stereocenters. The van der Waals surface area contributed by atoms with Crippen LogP contribution in [-0.2, 0) is 17.6 Å². The highest BCUT2D eigenvalue weighted by molar-refractivity contribution is 5.73. The number of ether oxygens (including phenoxy) is 1. The summed E-state index contributed by atoms with van der Waals surface area (Å²) in [5.41, 5.74) is 0.721. The molecule has 1 rings (SSSR count). The highest BCUT2D eigenvalue weighted by Gasteiger charge is 2.17. The Bertz CT molecular complexity index is 495. The molecule has 96 valence electrons. The molecule has 0 unspecified atom stereocenters. The van der Waals surface area contributed by atoms with Crippen LogP contribution in [-0.4, -0.2) is 17.7 Å². The first-order chi connectivity index (χ1) is 8.49. The standard InChI is InChI=1S/C12H11F2NO3/c1-2-8-9(5-11(16)17)7(6-15)3-4-10(8)18-12(13)14/h3-4,12H,2,5H2,1H3,(H,16,17). The third kappa shape index (κ3) is 3.17. The van der Waals surface area contributed by atoms with Gasteiger partial charge in [-0.15, -0.1) is 0 Å². The molecule has 0 aliphatic heterocycles. The Kier molecular flexibility index (Phi) is 4.60. The third-order valence-corrected chi connectivity index (χ3v) is 2.41. The van der Waals surface area contributed by atoms with E-state index in [1.807, 2.05) is 6.07 Å². The molecular formula is C12H11F2NO3. The molecule has 1 aromatic carbocycles. The molecule has 0 bridgehead atoms. The first kappa shape index (κ1) is 13.9. The molecule has 18 heavy (non-hydrogen) atoms. The van der Waals surface area contributed by atoms with Crippen LogP contribution in [0.1, 0.15) is 23.6 Å². The lowest BCUT2D eigenvalue weighted by atomic mass is 9.96. The lowest BCUT2D eigenvalue weighted by Crippen LogP contribution is -2.10. The lowest BCUT2D eigenvalue weighted by molar-refractivity contribution is -0.136. The molecule has 0 saturated carbocycles. The molecule has 0 heterocycles. The summed E-state index contributed by atoms with van der Waals surface area (Å²) in [6.45, 7) is -1.30. The van der Waals surface area contributed by atoms with Crippen molar-refractivity contribution in [2.75, 3.05) is 0 Å². The first-order valence-electron chi connectivity index (χ1n) is 5.21. The van der Waals surface area contributed by atoms with Gasteiger partial charge >= 0.3 is 12.6 Å². The Labute approximate surface area is 102 Å². The summed E-state index contributed by atoms with van der Waals surface area (Å²) >= 11 is 0. The molecule has 0 radical (unpaired) electrons. The van der Waals surface area contributed by atoms with E-state index in [1.165, 1.54) is 12.1 Å². The fourth-order valence-electron chi connectivity index (χ4n) is 1.72. The summed E-state index contributed by atoms with van der Waals surface area (Å²) in [7, 11) is 0. The molecule has 0 amide bonds. The van der Waals surface area contributed by atoms with Gasteiger partial charge in [0.15, 0.2) is 0 Å². The summed E-state index contributed by atoms with van der Waals surface area (Å²) in [6.07, 6.45) is -0.0906. The zero-order valence-electron chi connectivity index (χ0n) is 9.61. The van der Waals surface area contributed by atoms with Gasteiger partial charge in [0.1, 0.15) is 5.75 Å². The molecular weight excluding hydrogens is 244 g/mol. The first-order valence-corrected chi connectivity index (χ1v) is 5.21. The molecule has 1 aromatic rings. The highest BCUT2D eigenvalue weighted by atomic mass is 19.3. The predicted octanol–water partition coefficient (Wildman–Crippen LogP) is 2.35. The fraction of sp³-hybridized carbons (Fsp3) is 0.333. The van der Waals surface area contributed by atoms with E-state index in [0.29, 0.717) is 12.0 Å². The maximum atomic E-state index is 12.2. The number of carbonyl (C=O) groups is 1. The van der Waals surface area contributed by atoms with E-state index >= 15 is 0 Å². The SMILES string of the molecule is CCc1c(OC(F)F)ccc(C#N)c1CC(=O)O. The van der Waals surface area contributed by atoms with Crippen LogP contribution in [0.15, 0.2) is 12.1 Å². The van der Waals surface area contributed by atoms with Crippen LogP contribution in [0, 0.1) is 11.3 Å². The van der Waals surface area contributed by atoms with Crippen molar-refractivity contribution in [1.29, 1.82) is 5.26 Å². The maximum absolute atomic E-state index is 12.2. The van der Waals surface area contributed by atoms with E-state index in [2.05, 4.69) is 4.74 Å². The van der Waals surface area contributed by atoms with Crippen molar-refractivity contribution in [1.82, 2.24) is 0 Å². The zero-order chi connectivity index (χ0) is 13.7. The van der Waals surface area contributed by atoms with Gasteiger partial charge in [-0.2, -0.15) is 14.0 Å². The van der Waals surface area contributed by atoms with Crippen molar-refractivity contribution in [3.8, 4) is 11.8 Å². The normalized spacial score (nSPS) is 10.2. The number of rotatable bonds is 5. The van der Waals surface area contributed by atoms with Gasteiger partial charge in [0, 0.05) is 0 Å². The summed E-state index contributed by atoms with van der Waals surface area (Å²) < 4.78 is 28.7. The summed E-state index contributed by atoms with van der Waals surface area (Å²) in [4.78, 5) is 10.7. The van der Waals surface area contributed by atoms with Crippen LogP contribution in [0.3, 0.4) is 0 Å². The van der Waals surface area contributed by atoms with Crippen molar-refractivity contribution in [2.45, 2.75) is 26.4 Å². The van der Waals surface area contributed by atoms with Crippen molar-refractivity contribution in [3.05, 3.63) is 28.8 Å². The lowest BCUT2D eigenvalue weighted by Gasteiger charge is -2.14. The van der Waals surface area contributed by atoms with E-state index in [-0.39, 0.29) is 16.9 Å². The number of hydrogen-bond acceptors (Lipinski definition) is 3. The van der Waals surface area contributed by atoms with Gasteiger partial charge in [-0.25, -0.2) is 0 Å². The molecule has 0 fully saturated rings. The van der Waals surface area contributed by atoms with Gasteiger partial charge in [-0.05, 0) is 29.7 Å². The van der Waals surface area contributed by atoms with Gasteiger partial charge in [-0.3, -0.25) is 4.79 Å². The van der Waals surface area contributed by atoms with Crippen LogP contribution in [0.5, 0.6) is 5.75 Å². The van der Waals surface area contributed by atoms with Crippen LogP contribution in [0.2, 0.25) is 0 Å². The third-order valence-electron chi connectivity index (χ3n) is 2.41. The average molecular weight is 255 g/mol. The number of hydrogen-bond donors (Lipinski definition) is 1. The predicted molar refractivity (Wildman–Crippen MR) is 58.5 cm³/mol. The molecule has 0 aliphatic rings. The summed E-state index contributed by atoms with van der Waals surface area (Å²) in [6, 6.07) is 4.40. The quantitative estimate of drug-likeness (QED) is 0.876. The highest BCUT2D eigenvalue weighted by Crippen LogP contribution is 2.28. The van der Waals surface area contributed by atoms with E-state index in [1.54, 1.807) is 6.92 Å². The molecule has 0 saturated heterocycles. The Morgan fingerprint density at radius 3 is 2.61 bits per heavy atom. The minimum absolute atomic E-state index is 0.0808. The van der Waals surface area contributed by atoms with Crippen LogP contribution < -0.4 is 4.74 Å². The van der Waals surface area contributed by atoms with Crippen molar-refractivity contribution in [3.63, 3.8) is 0 Å². The van der Waals surface area contributed by atoms with E-state index in [9.17, 15) is 13.6 Å². The number of nitrogens with zero attached hydrogens (tertiary/aromatic N) is 1. The Balaban J connectivity index is 3.33. The molecule has 6 heteroatoms. The second-order valence-electron chi connectivity index (χ2n) is 3.48. The van der Waals surface area contributed by atoms with Crippen molar-refractivity contribution in [2.24, 2.45) is 0 Å². The summed E-state index contributed by atoms with van der Waals surface area (Å²) in [5.74, 6) is -1.21. The molecule has 1 N–H and O–H groups in total. The van der Waals surface area contributed by atoms with Gasteiger partial charge in [-0.1, -0.05) is 6.92 Å². The Morgan fingerprint density at radius 1 is 1.50 bits per heavy atom. The summed E-state index contributed by atoms with van der Waals surface area (Å²) in [5, 5.41) is 17.7. The topological polar surface area (TPSA) is 70.3 Å². The second-order valence-corrected chi connectivity index (χ2v) is 3.48. The molecule has 4 nitrogen and oxygen atoms in total. The van der Waals surface area contributed by atoms with Crippen LogP contribution in [0.25, 0.3) is 0 Å². The number of carboxylic acids is 1. The molecule has 0 spiro atoms. The van der Waals surface area contributed by atoms with E-state index < -0.39 is 19.0 Å². The minimum atomic E-state index is -2.99. The number of carboxylic acid groups (broad SMARTS) is 1. The fourth-order valence-corrected chi connectivity index (χ4v) is 1.72. The average Bonchev–Trinajstić information content (AvgIpc) is 2.28. The number of alkyl halides is 2. The number of halogens is 2. The smallest absolute Gasteiger partial charge is 0.387 e. The van der Waals surface area contributed by atoms with Crippen molar-refractivity contribution >= 4 is 5.97 Å². The molecule has 0 aliphatic carbocycles. The van der Waals surface area contributed by atoms with E-state index in [0.717, 1.165) is 0 Å². The minimum Gasteiger partial charge on any atom is -0.481 e.